The van der Waals surface area contributed by atoms with Crippen molar-refractivity contribution in [2.24, 2.45) is 0 Å². The van der Waals surface area contributed by atoms with Crippen molar-refractivity contribution in [1.29, 1.82) is 0 Å². The molecule has 0 radical (unpaired) electrons. The Morgan fingerprint density at radius 2 is 1.80 bits per heavy atom. The van der Waals surface area contributed by atoms with Crippen molar-refractivity contribution >= 4 is 11.7 Å². The van der Waals surface area contributed by atoms with Crippen molar-refractivity contribution in [3.8, 4) is 0 Å². The van der Waals surface area contributed by atoms with Crippen LogP contribution in [0.5, 0.6) is 0 Å². The molecule has 3 atom stereocenters. The number of carbonyl (C=O) groups is 1. The fourth-order valence-corrected chi connectivity index (χ4v) is 4.86. The molecule has 0 aromatic carbocycles. The average Bonchev–Trinajstić information content (AvgIpc) is 3.20. The summed E-state index contributed by atoms with van der Waals surface area (Å²) in [5, 5.41) is 3.59. The Bertz CT molecular complexity index is 678. The van der Waals surface area contributed by atoms with Gasteiger partial charge in [-0.05, 0) is 97.8 Å². The highest BCUT2D eigenvalue weighted by molar-refractivity contribution is 5.75. The van der Waals surface area contributed by atoms with E-state index in [1.54, 1.807) is 6.92 Å². The number of nitrogens with one attached hydrogen (secondary N) is 1. The van der Waals surface area contributed by atoms with Crippen LogP contribution < -0.4 is 10.2 Å². The van der Waals surface area contributed by atoms with Crippen molar-refractivity contribution in [1.82, 2.24) is 20.2 Å². The molecule has 1 aromatic rings. The van der Waals surface area contributed by atoms with Gasteiger partial charge in [0.1, 0.15) is 5.78 Å². The number of rotatable bonds is 16. The second-order valence-corrected chi connectivity index (χ2v) is 10.4. The monoisotopic (exact) mass is 489 g/mol. The second-order valence-electron chi connectivity index (χ2n) is 10.4. The summed E-state index contributed by atoms with van der Waals surface area (Å²) in [5.74, 6) is 1.70. The number of Topliss-reactive ketones (excluding diaryl/α,β-unsaturated/α-hetero) is 1. The third-order valence-electron chi connectivity index (χ3n) is 7.22. The molecule has 1 N–H and O–H groups in total. The van der Waals surface area contributed by atoms with E-state index in [9.17, 15) is 4.79 Å². The van der Waals surface area contributed by atoms with Gasteiger partial charge in [-0.3, -0.25) is 0 Å². The minimum atomic E-state index is 0.302. The van der Waals surface area contributed by atoms with Gasteiger partial charge in [-0.15, -0.1) is 0 Å². The van der Waals surface area contributed by atoms with Crippen LogP contribution in [0.1, 0.15) is 118 Å². The lowest BCUT2D eigenvalue weighted by Gasteiger charge is -2.33. The van der Waals surface area contributed by atoms with Gasteiger partial charge < -0.3 is 19.9 Å². The quantitative estimate of drug-likeness (QED) is 0.278. The Labute approximate surface area is 216 Å². The van der Waals surface area contributed by atoms with E-state index < -0.39 is 0 Å². The van der Waals surface area contributed by atoms with Gasteiger partial charge in [0.15, 0.2) is 0 Å². The van der Waals surface area contributed by atoms with E-state index in [0.717, 1.165) is 57.7 Å². The third-order valence-corrected chi connectivity index (χ3v) is 7.22. The summed E-state index contributed by atoms with van der Waals surface area (Å²) in [7, 11) is 2.21. The predicted octanol–water partition coefficient (Wildman–Crippen LogP) is 6.21. The van der Waals surface area contributed by atoms with E-state index in [1.807, 2.05) is 13.8 Å². The van der Waals surface area contributed by atoms with Gasteiger partial charge in [-0.2, -0.15) is 0 Å². The molecule has 202 valence electrons. The number of nitrogens with zero attached hydrogens (tertiary/aromatic N) is 4. The van der Waals surface area contributed by atoms with Crippen molar-refractivity contribution in [2.45, 2.75) is 130 Å². The maximum absolute atomic E-state index is 11.0. The fraction of sp³-hybridized carbons (Fsp3) is 0.828. The Morgan fingerprint density at radius 1 is 1.11 bits per heavy atom. The van der Waals surface area contributed by atoms with E-state index in [-0.39, 0.29) is 0 Å². The maximum atomic E-state index is 11.0. The van der Waals surface area contributed by atoms with Gasteiger partial charge in [-0.25, -0.2) is 9.97 Å². The number of likely N-dealkylation sites (N-methyl/N-ethyl adjacent to an activating group) is 1. The summed E-state index contributed by atoms with van der Waals surface area (Å²) in [6.07, 6.45) is 14.1. The number of ketones is 1. The first-order valence-corrected chi connectivity index (χ1v) is 14.3. The highest BCUT2D eigenvalue weighted by Gasteiger charge is 2.33. The second kappa shape index (κ2) is 17.8. The lowest BCUT2D eigenvalue weighted by Crippen LogP contribution is -2.44. The van der Waals surface area contributed by atoms with Gasteiger partial charge >= 0.3 is 0 Å². The molecule has 6 heteroatoms. The third kappa shape index (κ3) is 11.4. The molecule has 6 nitrogen and oxygen atoms in total. The van der Waals surface area contributed by atoms with Gasteiger partial charge in [0.25, 0.3) is 0 Å². The molecule has 0 bridgehead atoms. The predicted molar refractivity (Wildman–Crippen MR) is 150 cm³/mol. The number of anilines is 1. The van der Waals surface area contributed by atoms with Crippen LogP contribution in [0, 0.1) is 0 Å². The Balaban J connectivity index is 0.00000298. The first-order valence-electron chi connectivity index (χ1n) is 14.3. The smallest absolute Gasteiger partial charge is 0.225 e. The standard InChI is InChI=1S/C27H49N5O.C2H6/c1-7-11-24(15-17-28-16-10-8-9-12-23(5)33)25-18-29-27(30-19-25)32-22(4)13-14-26(32)20-31(6)21(2)3;1-2/h18-19,21-22,24,26,28H,7-17,20H2,1-6H3;1-2H3. The molecule has 0 spiro atoms. The van der Waals surface area contributed by atoms with Crippen LogP contribution in [0.2, 0.25) is 0 Å². The van der Waals surface area contributed by atoms with Gasteiger partial charge in [0, 0.05) is 43.5 Å². The summed E-state index contributed by atoms with van der Waals surface area (Å²) < 4.78 is 0. The maximum Gasteiger partial charge on any atom is 0.225 e. The highest BCUT2D eigenvalue weighted by Crippen LogP contribution is 2.30. The first-order chi connectivity index (χ1) is 16.8. The van der Waals surface area contributed by atoms with Gasteiger partial charge in [0.05, 0.1) is 0 Å². The first kappa shape index (κ1) is 31.5. The number of unbranched alkanes of at least 4 members (excludes halogenated alkanes) is 2. The van der Waals surface area contributed by atoms with Crippen LogP contribution in [-0.2, 0) is 4.79 Å². The average molecular weight is 490 g/mol. The molecule has 1 aromatic heterocycles. The zero-order valence-electron chi connectivity index (χ0n) is 24.1. The topological polar surface area (TPSA) is 61.4 Å². The largest absolute Gasteiger partial charge is 0.334 e. The lowest BCUT2D eigenvalue weighted by atomic mass is 9.93. The molecule has 1 aliphatic rings. The minimum Gasteiger partial charge on any atom is -0.334 e. The molecule has 0 saturated carbocycles. The van der Waals surface area contributed by atoms with E-state index in [1.165, 1.54) is 31.2 Å². The Kier molecular flexibility index (Phi) is 16.0. The van der Waals surface area contributed by atoms with Crippen LogP contribution in [0.15, 0.2) is 12.4 Å². The number of carbonyl (C=O) groups excluding carboxylic acids is 1. The normalized spacial score (nSPS) is 18.6. The fourth-order valence-electron chi connectivity index (χ4n) is 4.86. The summed E-state index contributed by atoms with van der Waals surface area (Å²) in [6, 6.07) is 1.53. The molecule has 3 unspecified atom stereocenters. The van der Waals surface area contributed by atoms with Crippen molar-refractivity contribution in [2.75, 3.05) is 31.6 Å². The highest BCUT2D eigenvalue weighted by atomic mass is 16.1. The van der Waals surface area contributed by atoms with Crippen molar-refractivity contribution in [3.63, 3.8) is 0 Å². The molecule has 35 heavy (non-hydrogen) atoms. The van der Waals surface area contributed by atoms with Crippen LogP contribution in [0.3, 0.4) is 0 Å². The number of hydrogen-bond donors (Lipinski definition) is 1. The number of hydrogen-bond acceptors (Lipinski definition) is 6. The van der Waals surface area contributed by atoms with E-state index in [4.69, 9.17) is 9.97 Å². The van der Waals surface area contributed by atoms with E-state index in [0.29, 0.717) is 29.8 Å². The van der Waals surface area contributed by atoms with Crippen molar-refractivity contribution < 1.29 is 4.79 Å². The van der Waals surface area contributed by atoms with E-state index in [2.05, 4.69) is 62.3 Å². The molecule has 1 aliphatic heterocycles. The SMILES string of the molecule is CC.CCCC(CCNCCCCCC(C)=O)c1cnc(N2C(C)CCC2CN(C)C(C)C)nc1. The molecule has 0 aliphatic carbocycles. The Hall–Kier alpha value is -1.53. The molecule has 0 amide bonds. The summed E-state index contributed by atoms with van der Waals surface area (Å²) in [5.41, 5.74) is 1.27. The van der Waals surface area contributed by atoms with Crippen LogP contribution in [0.25, 0.3) is 0 Å². The molecule has 2 heterocycles. The lowest BCUT2D eigenvalue weighted by molar-refractivity contribution is -0.117. The molecule has 2 rings (SSSR count). The molecule has 1 saturated heterocycles. The van der Waals surface area contributed by atoms with E-state index >= 15 is 0 Å². The van der Waals surface area contributed by atoms with Crippen LogP contribution in [-0.4, -0.2) is 65.5 Å². The minimum absolute atomic E-state index is 0.302. The Morgan fingerprint density at radius 3 is 2.40 bits per heavy atom. The van der Waals surface area contributed by atoms with Crippen molar-refractivity contribution in [3.05, 3.63) is 18.0 Å². The zero-order valence-corrected chi connectivity index (χ0v) is 24.1. The summed E-state index contributed by atoms with van der Waals surface area (Å²) >= 11 is 0. The zero-order chi connectivity index (χ0) is 26.2. The van der Waals surface area contributed by atoms with Crippen LogP contribution >= 0.6 is 0 Å². The molecular weight excluding hydrogens is 434 g/mol. The number of aromatic nitrogens is 2. The molecular formula is C29H55N5O. The van der Waals surface area contributed by atoms with Gasteiger partial charge in [0.2, 0.25) is 5.95 Å². The van der Waals surface area contributed by atoms with Gasteiger partial charge in [-0.1, -0.05) is 33.6 Å². The molecule has 1 fully saturated rings. The summed E-state index contributed by atoms with van der Waals surface area (Å²) in [6.45, 7) is 17.9. The van der Waals surface area contributed by atoms with Crippen LogP contribution in [0.4, 0.5) is 5.95 Å². The summed E-state index contributed by atoms with van der Waals surface area (Å²) in [4.78, 5) is 25.6.